The van der Waals surface area contributed by atoms with E-state index in [1.54, 1.807) is 11.8 Å². The van der Waals surface area contributed by atoms with E-state index in [0.717, 1.165) is 24.0 Å². The van der Waals surface area contributed by atoms with Gasteiger partial charge in [0.05, 0.1) is 25.3 Å². The summed E-state index contributed by atoms with van der Waals surface area (Å²) >= 11 is 1.79. The summed E-state index contributed by atoms with van der Waals surface area (Å²) in [6.07, 6.45) is 3.92. The number of thioether (sulfide) groups is 1. The van der Waals surface area contributed by atoms with Crippen molar-refractivity contribution in [1.29, 1.82) is 0 Å². The number of aliphatic imine (C=N–C) groups is 1. The molecular formula is C15H18N4S. The number of aryl methyl sites for hydroxylation is 1. The van der Waals surface area contributed by atoms with Crippen molar-refractivity contribution in [2.75, 3.05) is 12.3 Å². The van der Waals surface area contributed by atoms with Crippen LogP contribution in [0.1, 0.15) is 17.2 Å². The summed E-state index contributed by atoms with van der Waals surface area (Å²) in [5.74, 6) is 1.05. The Kier molecular flexibility index (Phi) is 4.06. The van der Waals surface area contributed by atoms with Crippen molar-refractivity contribution in [3.05, 3.63) is 53.9 Å². The van der Waals surface area contributed by atoms with Crippen molar-refractivity contribution >= 4 is 16.9 Å². The molecule has 2 aromatic rings. The van der Waals surface area contributed by atoms with Gasteiger partial charge in [0.15, 0.2) is 5.17 Å². The molecule has 5 heteroatoms. The van der Waals surface area contributed by atoms with Gasteiger partial charge >= 0.3 is 0 Å². The van der Waals surface area contributed by atoms with E-state index in [2.05, 4.69) is 39.7 Å². The largest absolute Gasteiger partial charge is 0.357 e. The van der Waals surface area contributed by atoms with E-state index in [1.165, 1.54) is 11.1 Å². The van der Waals surface area contributed by atoms with Gasteiger partial charge in [-0.1, -0.05) is 42.1 Å². The second-order valence-corrected chi connectivity index (χ2v) is 5.89. The number of aromatic nitrogens is 2. The molecule has 1 aliphatic heterocycles. The maximum absolute atomic E-state index is 4.61. The third kappa shape index (κ3) is 3.22. The lowest BCUT2D eigenvalue weighted by atomic mass is 10.1. The predicted octanol–water partition coefficient (Wildman–Crippen LogP) is 2.63. The standard InChI is InChI=1S/C15H18N4S/c1-12-9-17-19(10-12)8-7-16-15-18-14(11-20-15)13-5-3-2-4-6-13/h2-6,9-10,14H,7-8,11H2,1H3,(H,16,18). The summed E-state index contributed by atoms with van der Waals surface area (Å²) in [6.45, 7) is 3.64. The van der Waals surface area contributed by atoms with E-state index in [-0.39, 0.29) is 0 Å². The third-order valence-corrected chi connectivity index (χ3v) is 4.25. The summed E-state index contributed by atoms with van der Waals surface area (Å²) in [4.78, 5) is 4.61. The minimum atomic E-state index is 0.381. The van der Waals surface area contributed by atoms with E-state index in [0.29, 0.717) is 6.04 Å². The zero-order valence-electron chi connectivity index (χ0n) is 11.5. The molecule has 1 aromatic carbocycles. The van der Waals surface area contributed by atoms with Gasteiger partial charge in [-0.25, -0.2) is 0 Å². The molecule has 104 valence electrons. The number of hydrogen-bond donors (Lipinski definition) is 1. The molecule has 1 atom stereocenters. The Balaban J connectivity index is 1.53. The quantitative estimate of drug-likeness (QED) is 0.939. The number of nitrogens with one attached hydrogen (secondary N) is 1. The van der Waals surface area contributed by atoms with Crippen LogP contribution in [0.3, 0.4) is 0 Å². The number of benzene rings is 1. The Bertz CT molecular complexity index is 591. The molecule has 0 saturated carbocycles. The van der Waals surface area contributed by atoms with Crippen LogP contribution in [0.15, 0.2) is 47.7 Å². The van der Waals surface area contributed by atoms with Gasteiger partial charge in [-0.15, -0.1) is 0 Å². The average molecular weight is 286 g/mol. The number of hydrogen-bond acceptors (Lipinski definition) is 3. The van der Waals surface area contributed by atoms with E-state index in [4.69, 9.17) is 0 Å². The van der Waals surface area contributed by atoms with Crippen LogP contribution in [0.4, 0.5) is 0 Å². The SMILES string of the molecule is Cc1cnn(CCN=C2NC(c3ccccc3)CS2)c1. The molecular weight excluding hydrogens is 268 g/mol. The first kappa shape index (κ1) is 13.2. The van der Waals surface area contributed by atoms with Gasteiger partial charge in [0.1, 0.15) is 0 Å². The molecule has 0 spiro atoms. The second-order valence-electron chi connectivity index (χ2n) is 4.89. The van der Waals surface area contributed by atoms with E-state index >= 15 is 0 Å². The molecule has 4 nitrogen and oxygen atoms in total. The fourth-order valence-electron chi connectivity index (χ4n) is 2.19. The molecule has 1 fully saturated rings. The molecule has 3 rings (SSSR count). The van der Waals surface area contributed by atoms with Crippen LogP contribution in [-0.4, -0.2) is 27.2 Å². The molecule has 2 heterocycles. The van der Waals surface area contributed by atoms with Gasteiger partial charge < -0.3 is 5.32 Å². The molecule has 1 aliphatic rings. The highest BCUT2D eigenvalue weighted by Gasteiger charge is 2.21. The Morgan fingerprint density at radius 3 is 3.00 bits per heavy atom. The second kappa shape index (κ2) is 6.13. The Labute approximate surface area is 123 Å². The maximum atomic E-state index is 4.61. The molecule has 1 N–H and O–H groups in total. The van der Waals surface area contributed by atoms with Gasteiger partial charge in [0, 0.05) is 11.9 Å². The lowest BCUT2D eigenvalue weighted by Crippen LogP contribution is -2.19. The fourth-order valence-corrected chi connectivity index (χ4v) is 3.20. The summed E-state index contributed by atoms with van der Waals surface area (Å²) in [5.41, 5.74) is 2.52. The Morgan fingerprint density at radius 2 is 2.25 bits per heavy atom. The van der Waals surface area contributed by atoms with E-state index in [1.807, 2.05) is 30.1 Å². The molecule has 0 radical (unpaired) electrons. The lowest BCUT2D eigenvalue weighted by Gasteiger charge is -2.09. The first-order chi connectivity index (χ1) is 9.81. The van der Waals surface area contributed by atoms with Crippen molar-refractivity contribution < 1.29 is 0 Å². The molecule has 0 bridgehead atoms. The van der Waals surface area contributed by atoms with Gasteiger partial charge in [0.2, 0.25) is 0 Å². The normalized spacial score (nSPS) is 20.2. The molecule has 1 aromatic heterocycles. The summed E-state index contributed by atoms with van der Waals surface area (Å²) < 4.78 is 1.94. The summed E-state index contributed by atoms with van der Waals surface area (Å²) in [7, 11) is 0. The minimum absolute atomic E-state index is 0.381. The van der Waals surface area contributed by atoms with Crippen LogP contribution in [0.25, 0.3) is 0 Å². The monoisotopic (exact) mass is 286 g/mol. The Morgan fingerprint density at radius 1 is 1.40 bits per heavy atom. The fraction of sp³-hybridized carbons (Fsp3) is 0.333. The van der Waals surface area contributed by atoms with Gasteiger partial charge in [-0.05, 0) is 18.1 Å². The van der Waals surface area contributed by atoms with Crippen molar-refractivity contribution in [2.24, 2.45) is 4.99 Å². The highest BCUT2D eigenvalue weighted by molar-refractivity contribution is 8.14. The molecule has 0 amide bonds. The summed E-state index contributed by atoms with van der Waals surface area (Å²) in [5, 5.41) is 8.79. The van der Waals surface area contributed by atoms with E-state index in [9.17, 15) is 0 Å². The molecule has 1 unspecified atom stereocenters. The van der Waals surface area contributed by atoms with Crippen molar-refractivity contribution in [2.45, 2.75) is 19.5 Å². The highest BCUT2D eigenvalue weighted by atomic mass is 32.2. The third-order valence-electron chi connectivity index (χ3n) is 3.23. The lowest BCUT2D eigenvalue weighted by molar-refractivity contribution is 0.624. The van der Waals surface area contributed by atoms with Crippen LogP contribution in [0, 0.1) is 6.92 Å². The minimum Gasteiger partial charge on any atom is -0.357 e. The van der Waals surface area contributed by atoms with Gasteiger partial charge in [-0.3, -0.25) is 9.67 Å². The van der Waals surface area contributed by atoms with Crippen LogP contribution in [0.2, 0.25) is 0 Å². The zero-order chi connectivity index (χ0) is 13.8. The van der Waals surface area contributed by atoms with Gasteiger partial charge in [0.25, 0.3) is 0 Å². The molecule has 0 aliphatic carbocycles. The maximum Gasteiger partial charge on any atom is 0.157 e. The van der Waals surface area contributed by atoms with Crippen LogP contribution in [-0.2, 0) is 6.54 Å². The van der Waals surface area contributed by atoms with E-state index < -0.39 is 0 Å². The topological polar surface area (TPSA) is 42.2 Å². The van der Waals surface area contributed by atoms with Crippen molar-refractivity contribution in [3.8, 4) is 0 Å². The van der Waals surface area contributed by atoms with Crippen LogP contribution in [0.5, 0.6) is 0 Å². The number of nitrogens with zero attached hydrogens (tertiary/aromatic N) is 3. The highest BCUT2D eigenvalue weighted by Crippen LogP contribution is 2.25. The van der Waals surface area contributed by atoms with Crippen LogP contribution >= 0.6 is 11.8 Å². The van der Waals surface area contributed by atoms with Crippen molar-refractivity contribution in [1.82, 2.24) is 15.1 Å². The first-order valence-corrected chi connectivity index (χ1v) is 7.77. The number of rotatable bonds is 4. The first-order valence-electron chi connectivity index (χ1n) is 6.79. The van der Waals surface area contributed by atoms with Gasteiger partial charge in [-0.2, -0.15) is 5.10 Å². The van der Waals surface area contributed by atoms with Crippen molar-refractivity contribution in [3.63, 3.8) is 0 Å². The number of amidine groups is 1. The summed E-state index contributed by atoms with van der Waals surface area (Å²) in [6, 6.07) is 10.9. The average Bonchev–Trinajstić information content (AvgIpc) is 3.09. The smallest absolute Gasteiger partial charge is 0.157 e. The van der Waals surface area contributed by atoms with Crippen LogP contribution < -0.4 is 5.32 Å². The zero-order valence-corrected chi connectivity index (χ0v) is 12.3. The Hall–Kier alpha value is -1.75. The predicted molar refractivity (Wildman–Crippen MR) is 84.0 cm³/mol. The molecule has 1 saturated heterocycles. The molecule has 20 heavy (non-hydrogen) atoms.